The van der Waals surface area contributed by atoms with Gasteiger partial charge in [-0.15, -0.1) is 0 Å². The van der Waals surface area contributed by atoms with Crippen molar-refractivity contribution in [2.24, 2.45) is 0 Å². The van der Waals surface area contributed by atoms with Crippen molar-refractivity contribution >= 4 is 28.5 Å². The Morgan fingerprint density at radius 1 is 1.06 bits per heavy atom. The van der Waals surface area contributed by atoms with E-state index in [9.17, 15) is 9.59 Å². The van der Waals surface area contributed by atoms with Gasteiger partial charge < -0.3 is 23.9 Å². The van der Waals surface area contributed by atoms with Crippen LogP contribution in [0.5, 0.6) is 5.75 Å². The predicted molar refractivity (Wildman–Crippen MR) is 131 cm³/mol. The summed E-state index contributed by atoms with van der Waals surface area (Å²) < 4.78 is 12.1. The van der Waals surface area contributed by atoms with Crippen molar-refractivity contribution in [2.75, 3.05) is 38.1 Å². The molecular weight excluding hydrogens is 430 g/mol. The van der Waals surface area contributed by atoms with Crippen molar-refractivity contribution in [3.8, 4) is 5.75 Å². The first-order chi connectivity index (χ1) is 16.5. The highest BCUT2D eigenvalue weighted by Gasteiger charge is 2.35. The zero-order chi connectivity index (χ0) is 23.7. The molecule has 5 rings (SSSR count). The molecule has 7 nitrogen and oxygen atoms in total. The molecule has 0 bridgehead atoms. The van der Waals surface area contributed by atoms with Crippen LogP contribution in [-0.2, 0) is 9.59 Å². The van der Waals surface area contributed by atoms with Crippen molar-refractivity contribution in [2.45, 2.75) is 38.3 Å². The summed E-state index contributed by atoms with van der Waals surface area (Å²) in [7, 11) is 1.79. The summed E-state index contributed by atoms with van der Waals surface area (Å²) in [6, 6.07) is 17.2. The molecule has 2 aliphatic heterocycles. The summed E-state index contributed by atoms with van der Waals surface area (Å²) in [6.07, 6.45) is 2.61. The largest absolute Gasteiger partial charge is 0.477 e. The fraction of sp³-hybridized carbons (Fsp3) is 0.407. The maximum atomic E-state index is 13.3. The van der Waals surface area contributed by atoms with E-state index in [0.29, 0.717) is 12.3 Å². The monoisotopic (exact) mass is 461 g/mol. The number of furan rings is 1. The SMILES string of the molecule is CC(c1cc2ccccc2o1)N(C)C(=O)CN1CC(C(=O)N2CCCCC2)Oc2ccccc21. The lowest BCUT2D eigenvalue weighted by atomic mass is 10.1. The lowest BCUT2D eigenvalue weighted by Crippen LogP contribution is -2.53. The van der Waals surface area contributed by atoms with E-state index in [-0.39, 0.29) is 24.4 Å². The minimum Gasteiger partial charge on any atom is -0.477 e. The third-order valence-corrected chi connectivity index (χ3v) is 6.96. The molecule has 3 aromatic rings. The average molecular weight is 462 g/mol. The van der Waals surface area contributed by atoms with Crippen LogP contribution >= 0.6 is 0 Å². The van der Waals surface area contributed by atoms with Gasteiger partial charge in [-0.2, -0.15) is 0 Å². The zero-order valence-corrected chi connectivity index (χ0v) is 19.8. The van der Waals surface area contributed by atoms with Crippen LogP contribution in [0.1, 0.15) is 38.0 Å². The van der Waals surface area contributed by atoms with Gasteiger partial charge in [-0.3, -0.25) is 9.59 Å². The number of piperidine rings is 1. The molecule has 7 heteroatoms. The highest BCUT2D eigenvalue weighted by Crippen LogP contribution is 2.34. The maximum Gasteiger partial charge on any atom is 0.265 e. The molecule has 2 amide bonds. The van der Waals surface area contributed by atoms with Crippen LogP contribution in [0.4, 0.5) is 5.69 Å². The summed E-state index contributed by atoms with van der Waals surface area (Å²) in [4.78, 5) is 32.1. The second-order valence-electron chi connectivity index (χ2n) is 9.21. The van der Waals surface area contributed by atoms with Crippen LogP contribution in [0.2, 0.25) is 0 Å². The van der Waals surface area contributed by atoms with Crippen LogP contribution in [0.3, 0.4) is 0 Å². The molecule has 2 aliphatic rings. The van der Waals surface area contributed by atoms with E-state index in [4.69, 9.17) is 9.15 Å². The minimum atomic E-state index is -0.612. The standard InChI is InChI=1S/C27H31N3O4/c1-19(24-16-20-10-4-6-12-22(20)33-24)28(2)26(31)18-30-17-25(27(32)29-14-8-3-9-15-29)34-23-13-7-5-11-21(23)30/h4-7,10-13,16,19,25H,3,8-9,14-15,17-18H2,1-2H3. The summed E-state index contributed by atoms with van der Waals surface area (Å²) in [6.45, 7) is 4.02. The van der Waals surface area contributed by atoms with Crippen LogP contribution in [-0.4, -0.2) is 60.9 Å². The van der Waals surface area contributed by atoms with Crippen LogP contribution < -0.4 is 9.64 Å². The van der Waals surface area contributed by atoms with Crippen LogP contribution in [0.25, 0.3) is 11.0 Å². The highest BCUT2D eigenvalue weighted by molar-refractivity contribution is 5.86. The van der Waals surface area contributed by atoms with E-state index in [1.807, 2.05) is 71.3 Å². The Labute approximate surface area is 199 Å². The molecule has 0 saturated carbocycles. The number of fused-ring (bicyclic) bond motifs is 2. The van der Waals surface area contributed by atoms with Gasteiger partial charge in [-0.05, 0) is 50.5 Å². The molecule has 3 heterocycles. The number of ether oxygens (including phenoxy) is 1. The fourth-order valence-corrected chi connectivity index (χ4v) is 4.79. The maximum absolute atomic E-state index is 13.3. The Morgan fingerprint density at radius 2 is 1.79 bits per heavy atom. The number of anilines is 1. The van der Waals surface area contributed by atoms with Crippen molar-refractivity contribution in [3.63, 3.8) is 0 Å². The Kier molecular flexibility index (Phi) is 6.18. The Balaban J connectivity index is 1.32. The summed E-state index contributed by atoms with van der Waals surface area (Å²) in [5, 5.41) is 1.02. The summed E-state index contributed by atoms with van der Waals surface area (Å²) in [5.74, 6) is 1.35. The van der Waals surface area contributed by atoms with E-state index in [1.54, 1.807) is 11.9 Å². The van der Waals surface area contributed by atoms with Gasteiger partial charge in [-0.1, -0.05) is 30.3 Å². The van der Waals surface area contributed by atoms with E-state index >= 15 is 0 Å². The topological polar surface area (TPSA) is 66.2 Å². The molecule has 2 aromatic carbocycles. The molecule has 1 saturated heterocycles. The molecule has 1 aromatic heterocycles. The third-order valence-electron chi connectivity index (χ3n) is 6.96. The number of hydrogen-bond acceptors (Lipinski definition) is 5. The normalized spacial score (nSPS) is 18.8. The molecule has 0 N–H and O–H groups in total. The Hall–Kier alpha value is -3.48. The van der Waals surface area contributed by atoms with Gasteiger partial charge >= 0.3 is 0 Å². The van der Waals surface area contributed by atoms with Crippen molar-refractivity contribution in [1.29, 1.82) is 0 Å². The van der Waals surface area contributed by atoms with E-state index in [2.05, 4.69) is 0 Å². The number of benzene rings is 2. The number of likely N-dealkylation sites (N-methyl/N-ethyl adjacent to an activating group) is 1. The summed E-state index contributed by atoms with van der Waals surface area (Å²) in [5.41, 5.74) is 1.65. The molecule has 2 unspecified atom stereocenters. The van der Waals surface area contributed by atoms with Crippen molar-refractivity contribution in [3.05, 3.63) is 60.4 Å². The molecule has 2 atom stereocenters. The first kappa shape index (κ1) is 22.3. The number of carbonyl (C=O) groups is 2. The molecule has 34 heavy (non-hydrogen) atoms. The second kappa shape index (κ2) is 9.41. The van der Waals surface area contributed by atoms with E-state index < -0.39 is 6.10 Å². The van der Waals surface area contributed by atoms with Gasteiger partial charge in [0.2, 0.25) is 5.91 Å². The number of amides is 2. The average Bonchev–Trinajstić information content (AvgIpc) is 3.32. The molecule has 0 aliphatic carbocycles. The van der Waals surface area contributed by atoms with Crippen molar-refractivity contribution < 1.29 is 18.7 Å². The minimum absolute atomic E-state index is 0.00986. The molecule has 178 valence electrons. The first-order valence-electron chi connectivity index (χ1n) is 12.0. The van der Waals surface area contributed by atoms with Crippen LogP contribution in [0, 0.1) is 0 Å². The number of carbonyl (C=O) groups excluding carboxylic acids is 2. The van der Waals surface area contributed by atoms with Gasteiger partial charge in [0.15, 0.2) is 6.10 Å². The number of hydrogen-bond donors (Lipinski definition) is 0. The lowest BCUT2D eigenvalue weighted by Gasteiger charge is -2.38. The van der Waals surface area contributed by atoms with Crippen LogP contribution in [0.15, 0.2) is 59.0 Å². The number of likely N-dealkylation sites (tertiary alicyclic amines) is 1. The Morgan fingerprint density at radius 3 is 2.59 bits per heavy atom. The number of rotatable bonds is 5. The third kappa shape index (κ3) is 4.34. The first-order valence-corrected chi connectivity index (χ1v) is 12.0. The smallest absolute Gasteiger partial charge is 0.265 e. The van der Waals surface area contributed by atoms with Gasteiger partial charge in [0.05, 0.1) is 24.8 Å². The number of nitrogens with zero attached hydrogens (tertiary/aromatic N) is 3. The fourth-order valence-electron chi connectivity index (χ4n) is 4.79. The number of para-hydroxylation sites is 3. The highest BCUT2D eigenvalue weighted by atomic mass is 16.5. The van der Waals surface area contributed by atoms with Gasteiger partial charge in [-0.25, -0.2) is 0 Å². The molecule has 1 fully saturated rings. The lowest BCUT2D eigenvalue weighted by molar-refractivity contribution is -0.140. The quantitative estimate of drug-likeness (QED) is 0.569. The van der Waals surface area contributed by atoms with Gasteiger partial charge in [0.1, 0.15) is 17.1 Å². The van der Waals surface area contributed by atoms with Gasteiger partial charge in [0, 0.05) is 25.5 Å². The van der Waals surface area contributed by atoms with E-state index in [1.165, 1.54) is 0 Å². The second-order valence-corrected chi connectivity index (χ2v) is 9.21. The summed E-state index contributed by atoms with van der Waals surface area (Å²) >= 11 is 0. The zero-order valence-electron chi connectivity index (χ0n) is 19.8. The molecular formula is C27H31N3O4. The van der Waals surface area contributed by atoms with Crippen molar-refractivity contribution in [1.82, 2.24) is 9.80 Å². The predicted octanol–water partition coefficient (Wildman–Crippen LogP) is 4.23. The van der Waals surface area contributed by atoms with E-state index in [0.717, 1.165) is 54.8 Å². The molecule has 0 spiro atoms. The van der Waals surface area contributed by atoms with Gasteiger partial charge in [0.25, 0.3) is 5.91 Å². The Bertz CT molecular complexity index is 1150. The molecule has 0 radical (unpaired) electrons.